The van der Waals surface area contributed by atoms with Gasteiger partial charge in [-0.05, 0) is 30.2 Å². The minimum Gasteiger partial charge on any atom is -0.489 e. The zero-order valence-corrected chi connectivity index (χ0v) is 9.07. The van der Waals surface area contributed by atoms with Crippen molar-refractivity contribution in [1.82, 2.24) is 0 Å². The highest BCUT2D eigenvalue weighted by molar-refractivity contribution is 5.31. The van der Waals surface area contributed by atoms with Crippen molar-refractivity contribution in [3.05, 3.63) is 66.8 Å². The van der Waals surface area contributed by atoms with Crippen LogP contribution in [0.3, 0.4) is 0 Å². The van der Waals surface area contributed by atoms with Gasteiger partial charge in [-0.2, -0.15) is 0 Å². The van der Waals surface area contributed by atoms with Crippen LogP contribution in [-0.4, -0.2) is 6.61 Å². The van der Waals surface area contributed by atoms with Gasteiger partial charge < -0.3 is 4.74 Å². The zero-order valence-electron chi connectivity index (χ0n) is 9.07. The Morgan fingerprint density at radius 3 is 2.40 bits per heavy atom. The molecule has 0 radical (unpaired) electrons. The van der Waals surface area contributed by atoms with Crippen molar-refractivity contribution in [2.24, 2.45) is 0 Å². The molecule has 1 nitrogen and oxygen atoms in total. The first kappa shape index (κ1) is 11.3. The standard InChI is InChI=1S/C14H16O/c1-4-12(3)13(5-2)11-15-14-9-7-6-8-10-14/h4-10H,1-2,11H2,3H3/b13-12+. The van der Waals surface area contributed by atoms with Crippen molar-refractivity contribution in [2.45, 2.75) is 6.92 Å². The summed E-state index contributed by atoms with van der Waals surface area (Å²) in [5.74, 6) is 0.869. The van der Waals surface area contributed by atoms with Crippen LogP contribution in [0.25, 0.3) is 0 Å². The molecule has 1 aromatic rings. The van der Waals surface area contributed by atoms with Crippen LogP contribution < -0.4 is 4.74 Å². The molecule has 0 amide bonds. The van der Waals surface area contributed by atoms with Crippen molar-refractivity contribution < 1.29 is 4.74 Å². The molecule has 0 aliphatic carbocycles. The second-order valence-corrected chi connectivity index (χ2v) is 3.22. The summed E-state index contributed by atoms with van der Waals surface area (Å²) in [5, 5.41) is 0. The van der Waals surface area contributed by atoms with E-state index in [4.69, 9.17) is 4.74 Å². The fourth-order valence-corrected chi connectivity index (χ4v) is 1.14. The predicted molar refractivity (Wildman–Crippen MR) is 65.0 cm³/mol. The van der Waals surface area contributed by atoms with Gasteiger partial charge in [0.1, 0.15) is 12.4 Å². The lowest BCUT2D eigenvalue weighted by Gasteiger charge is -2.08. The first-order valence-electron chi connectivity index (χ1n) is 4.90. The van der Waals surface area contributed by atoms with Gasteiger partial charge in [0.15, 0.2) is 0 Å². The maximum absolute atomic E-state index is 5.61. The van der Waals surface area contributed by atoms with Crippen molar-refractivity contribution in [1.29, 1.82) is 0 Å². The summed E-state index contributed by atoms with van der Waals surface area (Å²) in [6, 6.07) is 9.74. The SMILES string of the molecule is C=C/C(C)=C(\C=C)COc1ccccc1. The number of allylic oxidation sites excluding steroid dienone is 2. The molecule has 0 fully saturated rings. The van der Waals surface area contributed by atoms with Gasteiger partial charge in [-0.1, -0.05) is 43.5 Å². The Morgan fingerprint density at radius 2 is 1.87 bits per heavy atom. The Bertz CT molecular complexity index is 360. The summed E-state index contributed by atoms with van der Waals surface area (Å²) in [6.07, 6.45) is 3.62. The molecule has 0 atom stereocenters. The van der Waals surface area contributed by atoms with Gasteiger partial charge in [-0.25, -0.2) is 0 Å². The van der Waals surface area contributed by atoms with E-state index in [2.05, 4.69) is 13.2 Å². The highest BCUT2D eigenvalue weighted by Crippen LogP contribution is 2.12. The van der Waals surface area contributed by atoms with Gasteiger partial charge in [-0.3, -0.25) is 0 Å². The van der Waals surface area contributed by atoms with Crippen molar-refractivity contribution in [2.75, 3.05) is 6.61 Å². The van der Waals surface area contributed by atoms with Crippen LogP contribution >= 0.6 is 0 Å². The average molecular weight is 200 g/mol. The van der Waals surface area contributed by atoms with E-state index in [1.54, 1.807) is 6.08 Å². The van der Waals surface area contributed by atoms with E-state index in [-0.39, 0.29) is 0 Å². The monoisotopic (exact) mass is 200 g/mol. The quantitative estimate of drug-likeness (QED) is 0.658. The molecule has 1 aromatic carbocycles. The molecule has 1 heteroatoms. The van der Waals surface area contributed by atoms with Gasteiger partial charge in [0.25, 0.3) is 0 Å². The molecule has 0 N–H and O–H groups in total. The van der Waals surface area contributed by atoms with Gasteiger partial charge in [0.2, 0.25) is 0 Å². The lowest BCUT2D eigenvalue weighted by Crippen LogP contribution is -2.00. The highest BCUT2D eigenvalue weighted by Gasteiger charge is 1.97. The minimum absolute atomic E-state index is 0.533. The van der Waals surface area contributed by atoms with Crippen LogP contribution in [0.15, 0.2) is 66.8 Å². The molecule has 0 saturated heterocycles. The lowest BCUT2D eigenvalue weighted by atomic mass is 10.1. The maximum Gasteiger partial charge on any atom is 0.119 e. The van der Waals surface area contributed by atoms with E-state index in [1.807, 2.05) is 43.3 Å². The molecule has 0 saturated carbocycles. The van der Waals surface area contributed by atoms with Gasteiger partial charge >= 0.3 is 0 Å². The van der Waals surface area contributed by atoms with E-state index in [0.717, 1.165) is 16.9 Å². The van der Waals surface area contributed by atoms with Gasteiger partial charge in [-0.15, -0.1) is 0 Å². The fraction of sp³-hybridized carbons (Fsp3) is 0.143. The normalized spacial score (nSPS) is 11.5. The third-order valence-electron chi connectivity index (χ3n) is 2.20. The Hall–Kier alpha value is -1.76. The topological polar surface area (TPSA) is 9.23 Å². The molecule has 0 aliphatic rings. The smallest absolute Gasteiger partial charge is 0.119 e. The van der Waals surface area contributed by atoms with Crippen molar-refractivity contribution in [3.8, 4) is 5.75 Å². The molecule has 0 aromatic heterocycles. The lowest BCUT2D eigenvalue weighted by molar-refractivity contribution is 0.355. The van der Waals surface area contributed by atoms with Crippen molar-refractivity contribution in [3.63, 3.8) is 0 Å². The first-order valence-corrected chi connectivity index (χ1v) is 4.90. The molecule has 0 bridgehead atoms. The molecule has 15 heavy (non-hydrogen) atoms. The van der Waals surface area contributed by atoms with Gasteiger partial charge in [0.05, 0.1) is 0 Å². The Balaban J connectivity index is 2.64. The summed E-state index contributed by atoms with van der Waals surface area (Å²) in [5.41, 5.74) is 2.16. The summed E-state index contributed by atoms with van der Waals surface area (Å²) in [4.78, 5) is 0. The van der Waals surface area contributed by atoms with Crippen LogP contribution in [-0.2, 0) is 0 Å². The fourth-order valence-electron chi connectivity index (χ4n) is 1.14. The first-order chi connectivity index (χ1) is 7.27. The van der Waals surface area contributed by atoms with Crippen LogP contribution in [0, 0.1) is 0 Å². The van der Waals surface area contributed by atoms with Crippen LogP contribution in [0.2, 0.25) is 0 Å². The number of hydrogen-bond acceptors (Lipinski definition) is 1. The van der Waals surface area contributed by atoms with Crippen LogP contribution in [0.5, 0.6) is 5.75 Å². The second kappa shape index (κ2) is 5.86. The number of benzene rings is 1. The Morgan fingerprint density at radius 1 is 1.20 bits per heavy atom. The predicted octanol–water partition coefficient (Wildman–Crippen LogP) is 3.75. The summed E-state index contributed by atoms with van der Waals surface area (Å²) in [6.45, 7) is 10.0. The molecule has 1 rings (SSSR count). The second-order valence-electron chi connectivity index (χ2n) is 3.22. The molecular weight excluding hydrogens is 184 g/mol. The van der Waals surface area contributed by atoms with E-state index in [9.17, 15) is 0 Å². The van der Waals surface area contributed by atoms with E-state index >= 15 is 0 Å². The third kappa shape index (κ3) is 3.47. The van der Waals surface area contributed by atoms with E-state index in [1.165, 1.54) is 0 Å². The highest BCUT2D eigenvalue weighted by atomic mass is 16.5. The average Bonchev–Trinajstić information content (AvgIpc) is 2.31. The number of hydrogen-bond donors (Lipinski definition) is 0. The summed E-state index contributed by atoms with van der Waals surface area (Å²) < 4.78 is 5.61. The number of ether oxygens (including phenoxy) is 1. The van der Waals surface area contributed by atoms with E-state index in [0.29, 0.717) is 6.61 Å². The molecular formula is C14H16O. The minimum atomic E-state index is 0.533. The van der Waals surface area contributed by atoms with Crippen LogP contribution in [0.4, 0.5) is 0 Å². The molecule has 0 heterocycles. The molecule has 0 spiro atoms. The van der Waals surface area contributed by atoms with Crippen molar-refractivity contribution >= 4 is 0 Å². The largest absolute Gasteiger partial charge is 0.489 e. The summed E-state index contributed by atoms with van der Waals surface area (Å²) >= 11 is 0. The third-order valence-corrected chi connectivity index (χ3v) is 2.20. The molecule has 0 aliphatic heterocycles. The molecule has 0 unspecified atom stereocenters. The molecule has 78 valence electrons. The zero-order chi connectivity index (χ0) is 11.1. The maximum atomic E-state index is 5.61. The number of para-hydroxylation sites is 1. The Labute approximate surface area is 91.4 Å². The Kier molecular flexibility index (Phi) is 4.42. The van der Waals surface area contributed by atoms with Gasteiger partial charge in [0, 0.05) is 0 Å². The number of rotatable bonds is 5. The summed E-state index contributed by atoms with van der Waals surface area (Å²) in [7, 11) is 0. The van der Waals surface area contributed by atoms with Crippen LogP contribution in [0.1, 0.15) is 6.92 Å². The van der Waals surface area contributed by atoms with E-state index < -0.39 is 0 Å².